The fraction of sp³-hybridized carbons (Fsp3) is 0.462. The molecule has 1 saturated carbocycles. The van der Waals surface area contributed by atoms with Crippen LogP contribution in [0.2, 0.25) is 0 Å². The summed E-state index contributed by atoms with van der Waals surface area (Å²) in [5.41, 5.74) is 1.16. The molecule has 1 heterocycles. The molecule has 1 fully saturated rings. The van der Waals surface area contributed by atoms with Gasteiger partial charge in [-0.05, 0) is 24.5 Å². The van der Waals surface area contributed by atoms with Crippen molar-refractivity contribution < 1.29 is 14.7 Å². The summed E-state index contributed by atoms with van der Waals surface area (Å²) in [6, 6.07) is 3.91. The number of nitrogens with zero attached hydrogens (tertiary/aromatic N) is 1. The standard InChI is InChI=1S/C13H16N2O3/c16-11(3-4-12(17)18)15-9-13(5-6-13)10-2-1-7-14-8-10/h1-2,7-8H,3-6,9H2,(H,15,16)(H,17,18). The van der Waals surface area contributed by atoms with Gasteiger partial charge in [0.1, 0.15) is 0 Å². The first kappa shape index (κ1) is 12.5. The molecule has 5 nitrogen and oxygen atoms in total. The first-order chi connectivity index (χ1) is 8.62. The normalized spacial score (nSPS) is 16.0. The third kappa shape index (κ3) is 3.06. The van der Waals surface area contributed by atoms with Gasteiger partial charge in [-0.3, -0.25) is 14.6 Å². The molecule has 0 aromatic carbocycles. The Morgan fingerprint density at radius 1 is 1.39 bits per heavy atom. The third-order valence-electron chi connectivity index (χ3n) is 3.32. The van der Waals surface area contributed by atoms with Crippen LogP contribution in [0.25, 0.3) is 0 Å². The van der Waals surface area contributed by atoms with Gasteiger partial charge in [0.15, 0.2) is 0 Å². The number of nitrogens with one attached hydrogen (secondary N) is 1. The molecular formula is C13H16N2O3. The quantitative estimate of drug-likeness (QED) is 0.790. The smallest absolute Gasteiger partial charge is 0.303 e. The maximum atomic E-state index is 11.5. The van der Waals surface area contributed by atoms with E-state index in [9.17, 15) is 9.59 Å². The van der Waals surface area contributed by atoms with Crippen LogP contribution >= 0.6 is 0 Å². The third-order valence-corrected chi connectivity index (χ3v) is 3.32. The average Bonchev–Trinajstić information content (AvgIpc) is 3.16. The second-order valence-corrected chi connectivity index (χ2v) is 4.69. The first-order valence-electron chi connectivity index (χ1n) is 6.01. The lowest BCUT2D eigenvalue weighted by Gasteiger charge is -2.15. The number of rotatable bonds is 6. The molecule has 0 aliphatic heterocycles. The van der Waals surface area contributed by atoms with E-state index in [-0.39, 0.29) is 24.2 Å². The van der Waals surface area contributed by atoms with Gasteiger partial charge < -0.3 is 10.4 Å². The van der Waals surface area contributed by atoms with Crippen molar-refractivity contribution in [2.24, 2.45) is 0 Å². The summed E-state index contributed by atoms with van der Waals surface area (Å²) in [5, 5.41) is 11.3. The number of carboxylic acids is 1. The van der Waals surface area contributed by atoms with Crippen molar-refractivity contribution in [1.82, 2.24) is 10.3 Å². The zero-order chi connectivity index (χ0) is 13.0. The van der Waals surface area contributed by atoms with E-state index in [1.165, 1.54) is 0 Å². The molecule has 1 aliphatic rings. The van der Waals surface area contributed by atoms with E-state index in [0.29, 0.717) is 6.54 Å². The highest BCUT2D eigenvalue weighted by atomic mass is 16.4. The van der Waals surface area contributed by atoms with Gasteiger partial charge in [0.25, 0.3) is 0 Å². The van der Waals surface area contributed by atoms with Crippen molar-refractivity contribution in [3.05, 3.63) is 30.1 Å². The maximum absolute atomic E-state index is 11.5. The van der Waals surface area contributed by atoms with E-state index in [0.717, 1.165) is 18.4 Å². The molecule has 1 aliphatic carbocycles. The lowest BCUT2D eigenvalue weighted by atomic mass is 9.98. The minimum atomic E-state index is -0.946. The zero-order valence-electron chi connectivity index (χ0n) is 10.1. The molecule has 2 N–H and O–H groups in total. The number of hydrogen-bond acceptors (Lipinski definition) is 3. The van der Waals surface area contributed by atoms with Gasteiger partial charge in [0.05, 0.1) is 6.42 Å². The largest absolute Gasteiger partial charge is 0.481 e. The molecular weight excluding hydrogens is 232 g/mol. The number of aliphatic carboxylic acids is 1. The molecule has 5 heteroatoms. The Hall–Kier alpha value is -1.91. The lowest BCUT2D eigenvalue weighted by Crippen LogP contribution is -2.32. The Bertz CT molecular complexity index is 441. The number of carbonyl (C=O) groups excluding carboxylic acids is 1. The topological polar surface area (TPSA) is 79.3 Å². The van der Waals surface area contributed by atoms with Gasteiger partial charge in [-0.2, -0.15) is 0 Å². The Balaban J connectivity index is 1.83. The maximum Gasteiger partial charge on any atom is 0.303 e. The molecule has 96 valence electrons. The number of carbonyl (C=O) groups is 2. The van der Waals surface area contributed by atoms with Crippen LogP contribution in [0.15, 0.2) is 24.5 Å². The van der Waals surface area contributed by atoms with Crippen molar-refractivity contribution >= 4 is 11.9 Å². The predicted octanol–water partition coefficient (Wildman–Crippen LogP) is 1.09. The van der Waals surface area contributed by atoms with Crippen LogP contribution in [0.3, 0.4) is 0 Å². The van der Waals surface area contributed by atoms with Crippen LogP contribution in [-0.4, -0.2) is 28.5 Å². The van der Waals surface area contributed by atoms with E-state index >= 15 is 0 Å². The van der Waals surface area contributed by atoms with Crippen molar-refractivity contribution in [2.75, 3.05) is 6.54 Å². The van der Waals surface area contributed by atoms with Crippen molar-refractivity contribution in [3.63, 3.8) is 0 Å². The molecule has 0 bridgehead atoms. The predicted molar refractivity (Wildman–Crippen MR) is 65.0 cm³/mol. The highest BCUT2D eigenvalue weighted by molar-refractivity contribution is 5.80. The molecule has 1 aromatic heterocycles. The molecule has 18 heavy (non-hydrogen) atoms. The molecule has 0 saturated heterocycles. The van der Waals surface area contributed by atoms with E-state index in [1.807, 2.05) is 18.3 Å². The number of pyridine rings is 1. The van der Waals surface area contributed by atoms with Gasteiger partial charge in [0, 0.05) is 30.8 Å². The lowest BCUT2D eigenvalue weighted by molar-refractivity contribution is -0.138. The SMILES string of the molecule is O=C(O)CCC(=O)NCC1(c2cccnc2)CC1. The molecule has 0 unspecified atom stereocenters. The average molecular weight is 248 g/mol. The highest BCUT2D eigenvalue weighted by Crippen LogP contribution is 2.47. The van der Waals surface area contributed by atoms with Gasteiger partial charge in [-0.25, -0.2) is 0 Å². The molecule has 1 aromatic rings. The summed E-state index contributed by atoms with van der Waals surface area (Å²) in [6.45, 7) is 0.567. The minimum absolute atomic E-state index is 0.0210. The summed E-state index contributed by atoms with van der Waals surface area (Å²) < 4.78 is 0. The highest BCUT2D eigenvalue weighted by Gasteiger charge is 2.44. The molecule has 1 amide bonds. The van der Waals surface area contributed by atoms with Crippen molar-refractivity contribution in [3.8, 4) is 0 Å². The number of carboxylic acid groups (broad SMARTS) is 1. The Kier molecular flexibility index (Phi) is 3.60. The Morgan fingerprint density at radius 2 is 2.17 bits per heavy atom. The van der Waals surface area contributed by atoms with Gasteiger partial charge >= 0.3 is 5.97 Å². The fourth-order valence-corrected chi connectivity index (χ4v) is 1.97. The summed E-state index contributed by atoms with van der Waals surface area (Å²) in [5.74, 6) is -1.15. The minimum Gasteiger partial charge on any atom is -0.481 e. The monoisotopic (exact) mass is 248 g/mol. The van der Waals surface area contributed by atoms with Gasteiger partial charge in [0.2, 0.25) is 5.91 Å². The Morgan fingerprint density at radius 3 is 2.72 bits per heavy atom. The van der Waals surface area contributed by atoms with Crippen molar-refractivity contribution in [2.45, 2.75) is 31.1 Å². The second-order valence-electron chi connectivity index (χ2n) is 4.69. The molecule has 0 radical (unpaired) electrons. The van der Waals surface area contributed by atoms with Crippen LogP contribution in [0.4, 0.5) is 0 Å². The van der Waals surface area contributed by atoms with E-state index in [4.69, 9.17) is 5.11 Å². The Labute approximate surface area is 105 Å². The summed E-state index contributed by atoms with van der Waals surface area (Å²) in [4.78, 5) is 25.9. The zero-order valence-corrected chi connectivity index (χ0v) is 10.1. The van der Waals surface area contributed by atoms with Gasteiger partial charge in [-0.1, -0.05) is 6.07 Å². The van der Waals surface area contributed by atoms with Crippen LogP contribution in [0, 0.1) is 0 Å². The van der Waals surface area contributed by atoms with E-state index in [2.05, 4.69) is 10.3 Å². The second kappa shape index (κ2) is 5.16. The van der Waals surface area contributed by atoms with Crippen LogP contribution in [0.5, 0.6) is 0 Å². The summed E-state index contributed by atoms with van der Waals surface area (Å²) in [6.07, 6.45) is 5.56. The van der Waals surface area contributed by atoms with E-state index in [1.54, 1.807) is 6.20 Å². The summed E-state index contributed by atoms with van der Waals surface area (Å²) in [7, 11) is 0. The molecule has 2 rings (SSSR count). The molecule has 0 atom stereocenters. The first-order valence-corrected chi connectivity index (χ1v) is 6.01. The van der Waals surface area contributed by atoms with Crippen LogP contribution < -0.4 is 5.32 Å². The van der Waals surface area contributed by atoms with Crippen LogP contribution in [0.1, 0.15) is 31.2 Å². The summed E-state index contributed by atoms with van der Waals surface area (Å²) >= 11 is 0. The van der Waals surface area contributed by atoms with Crippen LogP contribution in [-0.2, 0) is 15.0 Å². The molecule has 0 spiro atoms. The van der Waals surface area contributed by atoms with E-state index < -0.39 is 5.97 Å². The fourth-order valence-electron chi connectivity index (χ4n) is 1.97. The number of amides is 1. The number of hydrogen-bond donors (Lipinski definition) is 2. The van der Waals surface area contributed by atoms with Crippen molar-refractivity contribution in [1.29, 1.82) is 0 Å². The van der Waals surface area contributed by atoms with Gasteiger partial charge in [-0.15, -0.1) is 0 Å². The number of aromatic nitrogens is 1.